The second-order valence-corrected chi connectivity index (χ2v) is 5.01. The van der Waals surface area contributed by atoms with Crippen LogP contribution in [-0.4, -0.2) is 11.1 Å². The molecule has 0 radical (unpaired) electrons. The number of ether oxygens (including phenoxy) is 1. The fraction of sp³-hybridized carbons (Fsp3) is 0.235. The third-order valence-electron chi connectivity index (χ3n) is 3.54. The summed E-state index contributed by atoms with van der Waals surface area (Å²) in [5, 5.41) is 9.05. The molecule has 2 rings (SSSR count). The van der Waals surface area contributed by atoms with E-state index in [1.807, 2.05) is 24.3 Å². The number of hydrogen-bond donors (Lipinski definition) is 2. The van der Waals surface area contributed by atoms with Crippen molar-refractivity contribution in [1.29, 1.82) is 0 Å². The van der Waals surface area contributed by atoms with Gasteiger partial charge in [0.25, 0.3) is 0 Å². The van der Waals surface area contributed by atoms with Crippen molar-refractivity contribution in [3.8, 4) is 11.5 Å². The summed E-state index contributed by atoms with van der Waals surface area (Å²) < 4.78 is 5.87. The quantitative estimate of drug-likeness (QED) is 0.804. The number of carbonyl (C=O) groups is 1. The maximum absolute atomic E-state index is 11.0. The Bertz CT molecular complexity index is 652. The third-order valence-corrected chi connectivity index (χ3v) is 3.54. The molecule has 0 saturated carbocycles. The van der Waals surface area contributed by atoms with Crippen molar-refractivity contribution in [2.45, 2.75) is 26.2 Å². The van der Waals surface area contributed by atoms with Crippen LogP contribution in [0.5, 0.6) is 11.5 Å². The Morgan fingerprint density at radius 1 is 1.24 bits per heavy atom. The molecule has 0 spiro atoms. The smallest absolute Gasteiger partial charge is 0.335 e. The second kappa shape index (κ2) is 6.31. The SMILES string of the molecule is CCC(C)c1ccccc1Oc1cc(C(=O)O)ccc1N. The molecule has 3 N–H and O–H groups in total. The molecule has 0 aliphatic heterocycles. The first kappa shape index (κ1) is 14.9. The highest BCUT2D eigenvalue weighted by atomic mass is 16.5. The van der Waals surface area contributed by atoms with E-state index < -0.39 is 5.97 Å². The molecule has 0 saturated heterocycles. The Kier molecular flexibility index (Phi) is 4.48. The van der Waals surface area contributed by atoms with Crippen LogP contribution in [0.3, 0.4) is 0 Å². The van der Waals surface area contributed by atoms with Gasteiger partial charge in [0.1, 0.15) is 5.75 Å². The van der Waals surface area contributed by atoms with Crippen molar-refractivity contribution < 1.29 is 14.6 Å². The Morgan fingerprint density at radius 3 is 2.62 bits per heavy atom. The molecule has 0 aliphatic rings. The van der Waals surface area contributed by atoms with Gasteiger partial charge in [-0.25, -0.2) is 4.79 Å². The minimum Gasteiger partial charge on any atom is -0.478 e. The summed E-state index contributed by atoms with van der Waals surface area (Å²) >= 11 is 0. The van der Waals surface area contributed by atoms with Crippen molar-refractivity contribution in [1.82, 2.24) is 0 Å². The molecule has 1 unspecified atom stereocenters. The summed E-state index contributed by atoms with van der Waals surface area (Å²) in [5.41, 5.74) is 7.53. The van der Waals surface area contributed by atoms with Gasteiger partial charge in [0.05, 0.1) is 11.3 Å². The van der Waals surface area contributed by atoms with E-state index in [-0.39, 0.29) is 5.56 Å². The zero-order valence-corrected chi connectivity index (χ0v) is 12.2. The second-order valence-electron chi connectivity index (χ2n) is 5.01. The average Bonchev–Trinajstić information content (AvgIpc) is 2.49. The van der Waals surface area contributed by atoms with Gasteiger partial charge in [-0.15, -0.1) is 0 Å². The Morgan fingerprint density at radius 2 is 1.95 bits per heavy atom. The van der Waals surface area contributed by atoms with E-state index in [9.17, 15) is 4.79 Å². The number of para-hydroxylation sites is 1. The molecule has 2 aromatic rings. The predicted octanol–water partition coefficient (Wildman–Crippen LogP) is 4.27. The number of aromatic carboxylic acids is 1. The number of nitrogens with two attached hydrogens (primary N) is 1. The summed E-state index contributed by atoms with van der Waals surface area (Å²) in [7, 11) is 0. The first-order valence-corrected chi connectivity index (χ1v) is 6.92. The summed E-state index contributed by atoms with van der Waals surface area (Å²) in [4.78, 5) is 11.0. The molecule has 0 amide bonds. The van der Waals surface area contributed by atoms with E-state index in [0.717, 1.165) is 12.0 Å². The Balaban J connectivity index is 2.38. The van der Waals surface area contributed by atoms with Crippen LogP contribution in [0.2, 0.25) is 0 Å². The van der Waals surface area contributed by atoms with Crippen molar-refractivity contribution >= 4 is 11.7 Å². The highest BCUT2D eigenvalue weighted by Gasteiger charge is 2.13. The normalized spacial score (nSPS) is 11.9. The predicted molar refractivity (Wildman–Crippen MR) is 83.0 cm³/mol. The van der Waals surface area contributed by atoms with Crippen molar-refractivity contribution in [3.63, 3.8) is 0 Å². The largest absolute Gasteiger partial charge is 0.478 e. The van der Waals surface area contributed by atoms with Gasteiger partial charge in [-0.2, -0.15) is 0 Å². The van der Waals surface area contributed by atoms with Crippen molar-refractivity contribution in [2.75, 3.05) is 5.73 Å². The molecule has 0 aliphatic carbocycles. The highest BCUT2D eigenvalue weighted by Crippen LogP contribution is 2.34. The van der Waals surface area contributed by atoms with Crippen LogP contribution in [0.4, 0.5) is 5.69 Å². The van der Waals surface area contributed by atoms with E-state index >= 15 is 0 Å². The van der Waals surface area contributed by atoms with Crippen LogP contribution in [0.25, 0.3) is 0 Å². The van der Waals surface area contributed by atoms with Crippen LogP contribution in [0, 0.1) is 0 Å². The lowest BCUT2D eigenvalue weighted by atomic mass is 9.98. The van der Waals surface area contributed by atoms with Gasteiger partial charge in [-0.05, 0) is 42.2 Å². The molecule has 0 fully saturated rings. The van der Waals surface area contributed by atoms with E-state index in [1.54, 1.807) is 6.07 Å². The minimum atomic E-state index is -1.00. The van der Waals surface area contributed by atoms with Gasteiger partial charge in [-0.3, -0.25) is 0 Å². The molecule has 110 valence electrons. The molecule has 0 heterocycles. The molecule has 2 aromatic carbocycles. The lowest BCUT2D eigenvalue weighted by molar-refractivity contribution is 0.0696. The summed E-state index contributed by atoms with van der Waals surface area (Å²) in [5.74, 6) is 0.423. The first-order valence-electron chi connectivity index (χ1n) is 6.92. The Hall–Kier alpha value is -2.49. The van der Waals surface area contributed by atoms with E-state index in [0.29, 0.717) is 23.1 Å². The van der Waals surface area contributed by atoms with Gasteiger partial charge in [0.2, 0.25) is 0 Å². The van der Waals surface area contributed by atoms with E-state index in [4.69, 9.17) is 15.6 Å². The topological polar surface area (TPSA) is 72.5 Å². The molecule has 4 nitrogen and oxygen atoms in total. The molecule has 4 heteroatoms. The maximum atomic E-state index is 11.0. The lowest BCUT2D eigenvalue weighted by Crippen LogP contribution is -2.01. The lowest BCUT2D eigenvalue weighted by Gasteiger charge is -2.16. The summed E-state index contributed by atoms with van der Waals surface area (Å²) in [6, 6.07) is 12.2. The maximum Gasteiger partial charge on any atom is 0.335 e. The first-order chi connectivity index (χ1) is 10.0. The molecule has 21 heavy (non-hydrogen) atoms. The Labute approximate surface area is 124 Å². The third kappa shape index (κ3) is 3.34. The number of carboxylic acids is 1. The van der Waals surface area contributed by atoms with Gasteiger partial charge < -0.3 is 15.6 Å². The zero-order valence-electron chi connectivity index (χ0n) is 12.2. The highest BCUT2D eigenvalue weighted by molar-refractivity contribution is 5.89. The van der Waals surface area contributed by atoms with Gasteiger partial charge in [0, 0.05) is 0 Å². The number of nitrogen functional groups attached to an aromatic ring is 1. The van der Waals surface area contributed by atoms with E-state index in [2.05, 4.69) is 13.8 Å². The number of rotatable bonds is 5. The number of carboxylic acid groups (broad SMARTS) is 1. The van der Waals surface area contributed by atoms with Gasteiger partial charge in [-0.1, -0.05) is 32.0 Å². The zero-order chi connectivity index (χ0) is 15.4. The van der Waals surface area contributed by atoms with E-state index in [1.165, 1.54) is 12.1 Å². The van der Waals surface area contributed by atoms with Crippen LogP contribution >= 0.6 is 0 Å². The molecular formula is C17H19NO3. The number of anilines is 1. The molecule has 0 bridgehead atoms. The summed E-state index contributed by atoms with van der Waals surface area (Å²) in [6.45, 7) is 4.24. The number of hydrogen-bond acceptors (Lipinski definition) is 3. The molecule has 1 atom stereocenters. The average molecular weight is 285 g/mol. The molecule has 0 aromatic heterocycles. The van der Waals surface area contributed by atoms with Crippen molar-refractivity contribution in [2.24, 2.45) is 0 Å². The van der Waals surface area contributed by atoms with Crippen LogP contribution in [0.1, 0.15) is 42.1 Å². The van der Waals surface area contributed by atoms with Crippen LogP contribution in [0.15, 0.2) is 42.5 Å². The fourth-order valence-electron chi connectivity index (χ4n) is 2.07. The minimum absolute atomic E-state index is 0.153. The van der Waals surface area contributed by atoms with Gasteiger partial charge >= 0.3 is 5.97 Å². The number of benzene rings is 2. The van der Waals surface area contributed by atoms with Crippen molar-refractivity contribution in [3.05, 3.63) is 53.6 Å². The van der Waals surface area contributed by atoms with Gasteiger partial charge in [0.15, 0.2) is 5.75 Å². The molecular weight excluding hydrogens is 266 g/mol. The standard InChI is InChI=1S/C17H19NO3/c1-3-11(2)13-6-4-5-7-15(13)21-16-10-12(17(19)20)8-9-14(16)18/h4-11H,3,18H2,1-2H3,(H,19,20). The van der Waals surface area contributed by atoms with Crippen LogP contribution in [-0.2, 0) is 0 Å². The monoisotopic (exact) mass is 285 g/mol. The van der Waals surface area contributed by atoms with Crippen LogP contribution < -0.4 is 10.5 Å². The fourth-order valence-corrected chi connectivity index (χ4v) is 2.07. The summed E-state index contributed by atoms with van der Waals surface area (Å²) in [6.07, 6.45) is 0.991.